The van der Waals surface area contributed by atoms with Crippen molar-refractivity contribution in [3.8, 4) is 0 Å². The molecule has 0 bridgehead atoms. The molecule has 1 aliphatic heterocycles. The third-order valence-corrected chi connectivity index (χ3v) is 7.71. The summed E-state index contributed by atoms with van der Waals surface area (Å²) >= 11 is 12.4. The number of benzene rings is 2. The van der Waals surface area contributed by atoms with Gasteiger partial charge in [0.25, 0.3) is 0 Å². The second-order valence-corrected chi connectivity index (χ2v) is 10.9. The Kier molecular flexibility index (Phi) is 11.6. The van der Waals surface area contributed by atoms with Crippen molar-refractivity contribution in [1.29, 1.82) is 0 Å². The van der Waals surface area contributed by atoms with Crippen LogP contribution in [0.1, 0.15) is 73.7 Å². The molecule has 3 N–H and O–H groups in total. The van der Waals surface area contributed by atoms with Crippen molar-refractivity contribution in [1.82, 2.24) is 20.2 Å². The Hall–Kier alpha value is -2.95. The highest BCUT2D eigenvalue weighted by Crippen LogP contribution is 2.39. The average molecular weight is 604 g/mol. The van der Waals surface area contributed by atoms with Crippen LogP contribution in [0.5, 0.6) is 0 Å². The van der Waals surface area contributed by atoms with E-state index in [1.165, 1.54) is 6.92 Å². The second kappa shape index (κ2) is 15.3. The Morgan fingerprint density at radius 2 is 1.68 bits per heavy atom. The maximum Gasteiger partial charge on any atom is 0.220 e. The van der Waals surface area contributed by atoms with Crippen LogP contribution in [0.15, 0.2) is 54.9 Å². The minimum Gasteiger partial charge on any atom is -0.392 e. The first-order valence-corrected chi connectivity index (χ1v) is 14.5. The van der Waals surface area contributed by atoms with Crippen molar-refractivity contribution >= 4 is 35.0 Å². The molecule has 3 aromatic rings. The summed E-state index contributed by atoms with van der Waals surface area (Å²) in [5, 5.41) is 15.8. The van der Waals surface area contributed by atoms with Gasteiger partial charge in [-0.1, -0.05) is 78.2 Å². The van der Waals surface area contributed by atoms with E-state index in [-0.39, 0.29) is 35.8 Å². The van der Waals surface area contributed by atoms with Gasteiger partial charge in [-0.05, 0) is 29.5 Å². The van der Waals surface area contributed by atoms with E-state index in [1.807, 2.05) is 48.5 Å². The maximum absolute atomic E-state index is 12.2. The summed E-state index contributed by atoms with van der Waals surface area (Å²) in [5.41, 5.74) is 3.65. The minimum absolute atomic E-state index is 0.00344. The summed E-state index contributed by atoms with van der Waals surface area (Å²) in [6.07, 6.45) is 4.10. The predicted molar refractivity (Wildman–Crippen MR) is 156 cm³/mol. The number of aliphatic hydroxyl groups excluding tert-OH is 1. The van der Waals surface area contributed by atoms with E-state index in [1.54, 1.807) is 10.9 Å². The molecule has 0 spiro atoms. The number of unbranched alkanes of at least 4 members (excludes halogenated alkanes) is 2. The normalized spacial score (nSPS) is 18.7. The number of carbonyl (C=O) groups excluding carboxylic acids is 2. The lowest BCUT2D eigenvalue weighted by atomic mass is 10.00. The predicted octanol–water partition coefficient (Wildman–Crippen LogP) is 5.24. The monoisotopic (exact) mass is 602 g/mol. The van der Waals surface area contributed by atoms with Gasteiger partial charge in [0, 0.05) is 38.4 Å². The molecule has 0 radical (unpaired) electrons. The van der Waals surface area contributed by atoms with Crippen molar-refractivity contribution in [2.45, 2.75) is 77.2 Å². The van der Waals surface area contributed by atoms with Crippen LogP contribution in [0.25, 0.3) is 0 Å². The number of nitrogens with one attached hydrogen (secondary N) is 2. The lowest BCUT2D eigenvalue weighted by Crippen LogP contribution is -2.32. The third-order valence-electron chi connectivity index (χ3n) is 6.94. The number of rotatable bonds is 13. The standard InChI is InChI=1S/C30H36Cl2N4O5/c1-20(38)33-14-4-2-3-5-27(39)34-16-21-6-12-24(13-7-21)30-40-25(17-36-19-35-28(31)29(36)32)15-26(41-30)23-10-8-22(18-37)9-11-23/h6-13,19,25-26,30,37H,2-5,14-18H2,1H3,(H,33,38)(H,34,39)/t25-,26+,30+/m1/s1. The lowest BCUT2D eigenvalue weighted by molar-refractivity contribution is -0.252. The lowest BCUT2D eigenvalue weighted by Gasteiger charge is -2.36. The second-order valence-electron chi connectivity index (χ2n) is 10.1. The highest BCUT2D eigenvalue weighted by Gasteiger charge is 2.32. The summed E-state index contributed by atoms with van der Waals surface area (Å²) < 4.78 is 14.5. The van der Waals surface area contributed by atoms with Gasteiger partial charge in [-0.3, -0.25) is 9.59 Å². The van der Waals surface area contributed by atoms with Crippen molar-refractivity contribution < 1.29 is 24.2 Å². The van der Waals surface area contributed by atoms with Crippen LogP contribution in [-0.4, -0.2) is 39.1 Å². The summed E-state index contributed by atoms with van der Waals surface area (Å²) in [6, 6.07) is 15.5. The van der Waals surface area contributed by atoms with E-state index in [4.69, 9.17) is 32.7 Å². The van der Waals surface area contributed by atoms with E-state index in [0.29, 0.717) is 37.6 Å². The molecular formula is C30H36Cl2N4O5. The maximum atomic E-state index is 12.2. The zero-order chi connectivity index (χ0) is 29.2. The van der Waals surface area contributed by atoms with Crippen molar-refractivity contribution in [2.75, 3.05) is 6.54 Å². The number of imidazole rings is 1. The molecule has 1 saturated heterocycles. The number of nitrogens with zero attached hydrogens (tertiary/aromatic N) is 2. The molecule has 0 saturated carbocycles. The zero-order valence-electron chi connectivity index (χ0n) is 23.0. The fraction of sp³-hybridized carbons (Fsp3) is 0.433. The van der Waals surface area contributed by atoms with Crippen LogP contribution in [0, 0.1) is 0 Å². The molecule has 11 heteroatoms. The van der Waals surface area contributed by atoms with Crippen LogP contribution < -0.4 is 10.6 Å². The van der Waals surface area contributed by atoms with Gasteiger partial charge < -0.3 is 29.8 Å². The number of halogens is 2. The van der Waals surface area contributed by atoms with Crippen LogP contribution in [0.4, 0.5) is 0 Å². The average Bonchev–Trinajstić information content (AvgIpc) is 3.30. The van der Waals surface area contributed by atoms with Gasteiger partial charge in [0.05, 0.1) is 31.7 Å². The van der Waals surface area contributed by atoms with Crippen LogP contribution in [0.3, 0.4) is 0 Å². The van der Waals surface area contributed by atoms with Crippen molar-refractivity contribution in [2.24, 2.45) is 0 Å². The zero-order valence-corrected chi connectivity index (χ0v) is 24.5. The number of amides is 2. The third kappa shape index (κ3) is 9.28. The van der Waals surface area contributed by atoms with Gasteiger partial charge in [-0.15, -0.1) is 0 Å². The summed E-state index contributed by atoms with van der Waals surface area (Å²) in [6.45, 7) is 3.01. The van der Waals surface area contributed by atoms with Crippen LogP contribution in [-0.2, 0) is 38.8 Å². The van der Waals surface area contributed by atoms with Gasteiger partial charge in [-0.25, -0.2) is 4.98 Å². The molecule has 1 aliphatic rings. The molecule has 3 atom stereocenters. The molecule has 1 aromatic heterocycles. The number of hydrogen-bond acceptors (Lipinski definition) is 6. The highest BCUT2D eigenvalue weighted by molar-refractivity contribution is 6.40. The fourth-order valence-electron chi connectivity index (χ4n) is 4.66. The van der Waals surface area contributed by atoms with Gasteiger partial charge in [0.15, 0.2) is 11.4 Å². The molecule has 220 valence electrons. The Morgan fingerprint density at radius 1 is 0.976 bits per heavy atom. The fourth-order valence-corrected chi connectivity index (χ4v) is 4.97. The minimum atomic E-state index is -0.616. The number of ether oxygens (including phenoxy) is 2. The van der Waals surface area contributed by atoms with E-state index in [2.05, 4.69) is 15.6 Å². The van der Waals surface area contributed by atoms with Gasteiger partial charge in [0.1, 0.15) is 5.15 Å². The van der Waals surface area contributed by atoms with Gasteiger partial charge in [-0.2, -0.15) is 0 Å². The summed E-state index contributed by atoms with van der Waals surface area (Å²) in [4.78, 5) is 27.2. The largest absolute Gasteiger partial charge is 0.392 e. The van der Waals surface area contributed by atoms with Crippen LogP contribution >= 0.6 is 23.2 Å². The first kappa shape index (κ1) is 31.0. The molecule has 4 rings (SSSR count). The molecule has 2 amide bonds. The van der Waals surface area contributed by atoms with E-state index < -0.39 is 6.29 Å². The van der Waals surface area contributed by atoms with E-state index >= 15 is 0 Å². The topological polar surface area (TPSA) is 115 Å². The van der Waals surface area contributed by atoms with Crippen molar-refractivity contribution in [3.05, 3.63) is 87.4 Å². The molecule has 0 aliphatic carbocycles. The number of aromatic nitrogens is 2. The molecule has 2 aromatic carbocycles. The molecule has 9 nitrogen and oxygen atoms in total. The van der Waals surface area contributed by atoms with E-state index in [9.17, 15) is 14.7 Å². The Morgan fingerprint density at radius 3 is 2.34 bits per heavy atom. The number of carbonyl (C=O) groups is 2. The molecule has 2 heterocycles. The first-order chi connectivity index (χ1) is 19.8. The molecular weight excluding hydrogens is 567 g/mol. The Bertz CT molecular complexity index is 1280. The smallest absolute Gasteiger partial charge is 0.220 e. The first-order valence-electron chi connectivity index (χ1n) is 13.8. The Labute approximate surface area is 250 Å². The summed E-state index contributed by atoms with van der Waals surface area (Å²) in [5.74, 6) is -0.0305. The highest BCUT2D eigenvalue weighted by atomic mass is 35.5. The quantitative estimate of drug-likeness (QED) is 0.230. The van der Waals surface area contributed by atoms with Gasteiger partial charge >= 0.3 is 0 Å². The molecule has 1 fully saturated rings. The number of hydrogen-bond donors (Lipinski definition) is 3. The van der Waals surface area contributed by atoms with Crippen LogP contribution in [0.2, 0.25) is 10.3 Å². The SMILES string of the molecule is CC(=O)NCCCCCC(=O)NCc1ccc([C@H]2O[C@@H](Cn3cnc(Cl)c3Cl)C[C@@H](c3ccc(CO)cc3)O2)cc1. The van der Waals surface area contributed by atoms with E-state index in [0.717, 1.165) is 41.5 Å². The molecule has 0 unspecified atom stereocenters. The number of aliphatic hydroxyl groups is 1. The van der Waals surface area contributed by atoms with Crippen molar-refractivity contribution in [3.63, 3.8) is 0 Å². The Balaban J connectivity index is 1.35. The summed E-state index contributed by atoms with van der Waals surface area (Å²) in [7, 11) is 0. The molecule has 41 heavy (non-hydrogen) atoms. The van der Waals surface area contributed by atoms with Gasteiger partial charge in [0.2, 0.25) is 11.8 Å².